The van der Waals surface area contributed by atoms with Crippen LogP contribution in [0.1, 0.15) is 30.9 Å². The third kappa shape index (κ3) is 5.88. The van der Waals surface area contributed by atoms with Gasteiger partial charge in [-0.3, -0.25) is 9.59 Å². The molecule has 0 saturated heterocycles. The summed E-state index contributed by atoms with van der Waals surface area (Å²) in [7, 11) is 0. The van der Waals surface area contributed by atoms with Crippen LogP contribution in [-0.4, -0.2) is 57.8 Å². The lowest BCUT2D eigenvalue weighted by Gasteiger charge is -2.26. The molecule has 0 saturated carbocycles. The number of nitrogens with zero attached hydrogens (tertiary/aromatic N) is 2. The largest absolute Gasteiger partial charge is 0.480 e. The molecule has 9 heteroatoms. The lowest BCUT2D eigenvalue weighted by atomic mass is 10.2. The van der Waals surface area contributed by atoms with Crippen LogP contribution in [0.25, 0.3) is 0 Å². The van der Waals surface area contributed by atoms with Crippen molar-refractivity contribution in [3.05, 3.63) is 17.0 Å². The van der Waals surface area contributed by atoms with Crippen molar-refractivity contribution in [2.24, 2.45) is 0 Å². The van der Waals surface area contributed by atoms with Gasteiger partial charge in [0.2, 0.25) is 11.8 Å². The quantitative estimate of drug-likeness (QED) is 0.677. The average molecular weight is 357 g/mol. The Hall–Kier alpha value is -2.03. The molecule has 0 spiro atoms. The maximum atomic E-state index is 12.4. The summed E-state index contributed by atoms with van der Waals surface area (Å²) >= 11 is 1.37. The Labute approximate surface area is 144 Å². The number of nitrogens with one attached hydrogen (secondary N) is 1. The van der Waals surface area contributed by atoms with E-state index in [4.69, 9.17) is 9.63 Å². The summed E-state index contributed by atoms with van der Waals surface area (Å²) in [5.74, 6) is -0.170. The van der Waals surface area contributed by atoms with E-state index in [9.17, 15) is 14.4 Å². The molecule has 24 heavy (non-hydrogen) atoms. The van der Waals surface area contributed by atoms with Gasteiger partial charge in [0.05, 0.1) is 11.4 Å². The lowest BCUT2D eigenvalue weighted by molar-refractivity contribution is -0.148. The number of carbonyl (C=O) groups excluding carboxylic acids is 2. The summed E-state index contributed by atoms with van der Waals surface area (Å²) < 4.78 is 5.07. The van der Waals surface area contributed by atoms with Crippen molar-refractivity contribution in [2.75, 3.05) is 18.8 Å². The standard InChI is InChI=1S/C15H23N3O5S/c1-9-13(11(3)23-17-9)7-24-8-14(20)18(10(2)15(21)22)6-5-16-12(4)19/h10H,5-8H2,1-4H3,(H,16,19)(H,21,22). The molecule has 1 atom stereocenters. The Morgan fingerprint density at radius 1 is 1.38 bits per heavy atom. The highest BCUT2D eigenvalue weighted by atomic mass is 32.2. The fourth-order valence-electron chi connectivity index (χ4n) is 2.05. The third-order valence-electron chi connectivity index (χ3n) is 3.53. The fourth-order valence-corrected chi connectivity index (χ4v) is 3.11. The Balaban J connectivity index is 2.59. The van der Waals surface area contributed by atoms with Gasteiger partial charge in [0, 0.05) is 31.3 Å². The van der Waals surface area contributed by atoms with Crippen molar-refractivity contribution < 1.29 is 24.0 Å². The van der Waals surface area contributed by atoms with Gasteiger partial charge in [-0.25, -0.2) is 4.79 Å². The van der Waals surface area contributed by atoms with Crippen LogP contribution in [0.4, 0.5) is 0 Å². The van der Waals surface area contributed by atoms with Crippen LogP contribution in [0, 0.1) is 13.8 Å². The minimum atomic E-state index is -1.08. The van der Waals surface area contributed by atoms with E-state index < -0.39 is 12.0 Å². The molecule has 0 fully saturated rings. The van der Waals surface area contributed by atoms with Crippen LogP contribution in [-0.2, 0) is 20.1 Å². The third-order valence-corrected chi connectivity index (χ3v) is 4.47. The molecule has 1 aromatic heterocycles. The molecule has 1 heterocycles. The first kappa shape index (κ1) is 20.0. The zero-order valence-electron chi connectivity index (χ0n) is 14.3. The van der Waals surface area contributed by atoms with Crippen molar-refractivity contribution in [3.63, 3.8) is 0 Å². The number of rotatable bonds is 9. The molecule has 0 aliphatic carbocycles. The first-order chi connectivity index (χ1) is 11.2. The SMILES string of the molecule is CC(=O)NCCN(C(=O)CSCc1c(C)noc1C)C(C)C(=O)O. The van der Waals surface area contributed by atoms with Gasteiger partial charge >= 0.3 is 5.97 Å². The summed E-state index contributed by atoms with van der Waals surface area (Å²) in [6, 6.07) is -0.953. The second-order valence-corrected chi connectivity index (χ2v) is 6.37. The molecule has 1 aromatic rings. The maximum Gasteiger partial charge on any atom is 0.326 e. The number of aliphatic carboxylic acids is 1. The Bertz CT molecular complexity index is 582. The van der Waals surface area contributed by atoms with Gasteiger partial charge in [0.15, 0.2) is 0 Å². The topological polar surface area (TPSA) is 113 Å². The Morgan fingerprint density at radius 2 is 2.04 bits per heavy atom. The first-order valence-corrected chi connectivity index (χ1v) is 8.65. The molecule has 134 valence electrons. The predicted molar refractivity (Wildman–Crippen MR) is 89.6 cm³/mol. The van der Waals surface area contributed by atoms with E-state index in [0.717, 1.165) is 11.3 Å². The highest BCUT2D eigenvalue weighted by Crippen LogP contribution is 2.20. The number of carboxylic acids is 1. The number of carboxylic acid groups (broad SMARTS) is 1. The van der Waals surface area contributed by atoms with Gasteiger partial charge in [-0.2, -0.15) is 0 Å². The smallest absolute Gasteiger partial charge is 0.326 e. The zero-order chi connectivity index (χ0) is 18.3. The molecule has 0 aliphatic rings. The van der Waals surface area contributed by atoms with Crippen LogP contribution < -0.4 is 5.32 Å². The summed E-state index contributed by atoms with van der Waals surface area (Å²) in [6.45, 7) is 6.83. The average Bonchev–Trinajstić information content (AvgIpc) is 2.82. The lowest BCUT2D eigenvalue weighted by Crippen LogP contribution is -2.47. The molecule has 0 radical (unpaired) electrons. The predicted octanol–water partition coefficient (Wildman–Crippen LogP) is 0.962. The number of thioether (sulfide) groups is 1. The maximum absolute atomic E-state index is 12.4. The van der Waals surface area contributed by atoms with Crippen LogP contribution >= 0.6 is 11.8 Å². The fraction of sp³-hybridized carbons (Fsp3) is 0.600. The summed E-state index contributed by atoms with van der Waals surface area (Å²) in [4.78, 5) is 35.7. The number of aryl methyl sites for hydroxylation is 2. The van der Waals surface area contributed by atoms with Gasteiger partial charge < -0.3 is 19.8 Å². The van der Waals surface area contributed by atoms with Gasteiger partial charge in [0.1, 0.15) is 11.8 Å². The van der Waals surface area contributed by atoms with Crippen molar-refractivity contribution >= 4 is 29.5 Å². The van der Waals surface area contributed by atoms with Crippen LogP contribution in [0.15, 0.2) is 4.52 Å². The van der Waals surface area contributed by atoms with E-state index in [0.29, 0.717) is 11.5 Å². The zero-order valence-corrected chi connectivity index (χ0v) is 15.1. The summed E-state index contributed by atoms with van der Waals surface area (Å²) in [5, 5.41) is 15.6. The molecule has 0 aliphatic heterocycles. The molecule has 8 nitrogen and oxygen atoms in total. The Kier molecular flexibility index (Phi) is 7.76. The van der Waals surface area contributed by atoms with Gasteiger partial charge in [-0.05, 0) is 20.8 Å². The number of hydrogen-bond donors (Lipinski definition) is 2. The molecule has 1 rings (SSSR count). The Morgan fingerprint density at radius 3 is 2.54 bits per heavy atom. The van der Waals surface area contributed by atoms with E-state index in [2.05, 4.69) is 10.5 Å². The van der Waals surface area contributed by atoms with Crippen LogP contribution in [0.2, 0.25) is 0 Å². The second-order valence-electron chi connectivity index (χ2n) is 5.38. The molecule has 2 amide bonds. The second kappa shape index (κ2) is 9.31. The molecular formula is C15H23N3O5S. The van der Waals surface area contributed by atoms with Gasteiger partial charge in [-0.1, -0.05) is 5.16 Å². The van der Waals surface area contributed by atoms with E-state index in [1.54, 1.807) is 0 Å². The van der Waals surface area contributed by atoms with Gasteiger partial charge in [-0.15, -0.1) is 11.8 Å². The number of hydrogen-bond acceptors (Lipinski definition) is 6. The molecule has 1 unspecified atom stereocenters. The highest BCUT2D eigenvalue weighted by molar-refractivity contribution is 7.99. The van der Waals surface area contributed by atoms with E-state index >= 15 is 0 Å². The van der Waals surface area contributed by atoms with Crippen LogP contribution in [0.3, 0.4) is 0 Å². The number of amides is 2. The first-order valence-electron chi connectivity index (χ1n) is 7.50. The summed E-state index contributed by atoms with van der Waals surface area (Å²) in [5.41, 5.74) is 1.73. The highest BCUT2D eigenvalue weighted by Gasteiger charge is 2.25. The van der Waals surface area contributed by atoms with Crippen molar-refractivity contribution in [1.29, 1.82) is 0 Å². The van der Waals surface area contributed by atoms with E-state index in [1.165, 1.54) is 30.5 Å². The number of carbonyl (C=O) groups is 3. The van der Waals surface area contributed by atoms with E-state index in [-0.39, 0.29) is 30.7 Å². The number of aromatic nitrogens is 1. The van der Waals surface area contributed by atoms with Crippen LogP contribution in [0.5, 0.6) is 0 Å². The summed E-state index contributed by atoms with van der Waals surface area (Å²) in [6.07, 6.45) is 0. The van der Waals surface area contributed by atoms with Gasteiger partial charge in [0.25, 0.3) is 0 Å². The van der Waals surface area contributed by atoms with Crippen molar-refractivity contribution in [1.82, 2.24) is 15.4 Å². The minimum absolute atomic E-state index is 0.141. The monoisotopic (exact) mass is 357 g/mol. The minimum Gasteiger partial charge on any atom is -0.480 e. The molecule has 0 aromatic carbocycles. The van der Waals surface area contributed by atoms with E-state index in [1.807, 2.05) is 13.8 Å². The molecule has 0 bridgehead atoms. The normalized spacial score (nSPS) is 11.8. The molecule has 2 N–H and O–H groups in total. The molecular weight excluding hydrogens is 334 g/mol. The van der Waals surface area contributed by atoms with Crippen molar-refractivity contribution in [3.8, 4) is 0 Å². The van der Waals surface area contributed by atoms with Crippen molar-refractivity contribution in [2.45, 2.75) is 39.5 Å².